The zero-order valence-corrected chi connectivity index (χ0v) is 14.1. The Morgan fingerprint density at radius 1 is 0.500 bits per heavy atom. The van der Waals surface area contributed by atoms with Crippen molar-refractivity contribution in [2.45, 2.75) is 12.8 Å². The SMILES string of the molecule is NCCCNCCN(CCCN)N(CCN)CCNCCN. The second kappa shape index (κ2) is 17.0. The first-order valence-electron chi connectivity index (χ1n) is 8.51. The van der Waals surface area contributed by atoms with Gasteiger partial charge in [0.15, 0.2) is 0 Å². The molecule has 0 saturated carbocycles. The van der Waals surface area contributed by atoms with Crippen molar-refractivity contribution in [3.05, 3.63) is 0 Å². The van der Waals surface area contributed by atoms with Gasteiger partial charge >= 0.3 is 0 Å². The van der Waals surface area contributed by atoms with Gasteiger partial charge in [0.1, 0.15) is 0 Å². The summed E-state index contributed by atoms with van der Waals surface area (Å²) in [4.78, 5) is 0. The predicted molar refractivity (Wildman–Crippen MR) is 94.3 cm³/mol. The van der Waals surface area contributed by atoms with Crippen molar-refractivity contribution in [1.29, 1.82) is 0 Å². The highest BCUT2D eigenvalue weighted by Crippen LogP contribution is 1.98. The molecular formula is C14H38N8. The average molecular weight is 319 g/mol. The molecule has 0 saturated heterocycles. The second-order valence-corrected chi connectivity index (χ2v) is 5.27. The Balaban J connectivity index is 4.21. The van der Waals surface area contributed by atoms with Crippen molar-refractivity contribution >= 4 is 0 Å². The van der Waals surface area contributed by atoms with Crippen molar-refractivity contribution in [1.82, 2.24) is 20.7 Å². The summed E-state index contributed by atoms with van der Waals surface area (Å²) in [6.45, 7) is 10.1. The first kappa shape index (κ1) is 21.7. The molecule has 0 fully saturated rings. The highest BCUT2D eigenvalue weighted by atomic mass is 15.6. The standard InChI is InChI=1S/C14H38N8/c15-3-1-7-19-9-13-21(11-2-4-16)22(12-6-18)14-10-20-8-5-17/h19-20H,1-18H2. The molecule has 0 bridgehead atoms. The molecule has 0 rings (SSSR count). The molecule has 0 aliphatic carbocycles. The second-order valence-electron chi connectivity index (χ2n) is 5.27. The molecule has 0 aromatic rings. The lowest BCUT2D eigenvalue weighted by molar-refractivity contribution is -0.0210. The molecule has 0 aliphatic heterocycles. The summed E-state index contributed by atoms with van der Waals surface area (Å²) in [6, 6.07) is 0. The van der Waals surface area contributed by atoms with Crippen molar-refractivity contribution in [2.75, 3.05) is 78.5 Å². The summed E-state index contributed by atoms with van der Waals surface area (Å²) < 4.78 is 0. The van der Waals surface area contributed by atoms with E-state index in [1.165, 1.54) is 0 Å². The monoisotopic (exact) mass is 318 g/mol. The normalized spacial score (nSPS) is 11.7. The highest BCUT2D eigenvalue weighted by Gasteiger charge is 2.13. The van der Waals surface area contributed by atoms with Crippen LogP contribution in [0.4, 0.5) is 0 Å². The first-order chi connectivity index (χ1) is 10.8. The molecule has 134 valence electrons. The molecular weight excluding hydrogens is 280 g/mol. The zero-order chi connectivity index (χ0) is 16.5. The van der Waals surface area contributed by atoms with Gasteiger partial charge in [-0.2, -0.15) is 0 Å². The Hall–Kier alpha value is -0.320. The van der Waals surface area contributed by atoms with E-state index in [1.807, 2.05) is 0 Å². The van der Waals surface area contributed by atoms with E-state index in [0.29, 0.717) is 19.6 Å². The molecule has 22 heavy (non-hydrogen) atoms. The molecule has 0 amide bonds. The van der Waals surface area contributed by atoms with Crippen LogP contribution in [0.5, 0.6) is 0 Å². The van der Waals surface area contributed by atoms with Gasteiger partial charge in [-0.1, -0.05) is 0 Å². The maximum atomic E-state index is 5.76. The van der Waals surface area contributed by atoms with E-state index in [9.17, 15) is 0 Å². The van der Waals surface area contributed by atoms with Gasteiger partial charge in [-0.05, 0) is 32.5 Å². The van der Waals surface area contributed by atoms with Crippen LogP contribution in [-0.2, 0) is 0 Å². The molecule has 0 radical (unpaired) electrons. The van der Waals surface area contributed by atoms with E-state index >= 15 is 0 Å². The molecule has 0 aromatic heterocycles. The van der Waals surface area contributed by atoms with E-state index in [2.05, 4.69) is 20.7 Å². The maximum absolute atomic E-state index is 5.76. The lowest BCUT2D eigenvalue weighted by atomic mass is 10.4. The molecule has 10 N–H and O–H groups in total. The molecule has 8 heteroatoms. The third-order valence-electron chi connectivity index (χ3n) is 3.38. The van der Waals surface area contributed by atoms with Gasteiger partial charge in [0.05, 0.1) is 0 Å². The smallest absolute Gasteiger partial charge is 0.0259 e. The number of nitrogens with two attached hydrogens (primary N) is 4. The molecule has 8 nitrogen and oxygen atoms in total. The summed E-state index contributed by atoms with van der Waals surface area (Å²) in [7, 11) is 0. The Morgan fingerprint density at radius 3 is 1.64 bits per heavy atom. The largest absolute Gasteiger partial charge is 0.330 e. The van der Waals surface area contributed by atoms with Crippen LogP contribution in [0.1, 0.15) is 12.8 Å². The summed E-state index contributed by atoms with van der Waals surface area (Å²) in [5, 5.41) is 11.4. The quantitative estimate of drug-likeness (QED) is 0.126. The Labute approximate surface area is 135 Å². The van der Waals surface area contributed by atoms with Crippen molar-refractivity contribution in [2.24, 2.45) is 22.9 Å². The summed E-state index contributed by atoms with van der Waals surface area (Å²) >= 11 is 0. The van der Waals surface area contributed by atoms with Crippen molar-refractivity contribution in [3.8, 4) is 0 Å². The highest BCUT2D eigenvalue weighted by molar-refractivity contribution is 4.64. The number of nitrogens with one attached hydrogen (secondary N) is 2. The summed E-state index contributed by atoms with van der Waals surface area (Å²) in [5.74, 6) is 0. The van der Waals surface area contributed by atoms with Crippen LogP contribution in [-0.4, -0.2) is 88.6 Å². The summed E-state index contributed by atoms with van der Waals surface area (Å²) in [6.07, 6.45) is 2.00. The molecule has 0 unspecified atom stereocenters. The number of hydrazine groups is 1. The minimum atomic E-state index is 0.649. The van der Waals surface area contributed by atoms with E-state index in [1.54, 1.807) is 0 Å². The lowest BCUT2D eigenvalue weighted by Crippen LogP contribution is -2.50. The van der Waals surface area contributed by atoms with Gasteiger partial charge in [-0.25, -0.2) is 10.0 Å². The Bertz CT molecular complexity index is 217. The zero-order valence-electron chi connectivity index (χ0n) is 14.1. The lowest BCUT2D eigenvalue weighted by Gasteiger charge is -2.35. The third-order valence-corrected chi connectivity index (χ3v) is 3.38. The van der Waals surface area contributed by atoms with Crippen LogP contribution in [0.15, 0.2) is 0 Å². The molecule has 0 heterocycles. The fraction of sp³-hybridized carbons (Fsp3) is 1.00. The van der Waals surface area contributed by atoms with Crippen LogP contribution < -0.4 is 33.6 Å². The van der Waals surface area contributed by atoms with E-state index in [4.69, 9.17) is 22.9 Å². The first-order valence-corrected chi connectivity index (χ1v) is 8.51. The van der Waals surface area contributed by atoms with E-state index in [0.717, 1.165) is 71.7 Å². The topological polar surface area (TPSA) is 135 Å². The number of nitrogens with zero attached hydrogens (tertiary/aromatic N) is 2. The number of rotatable bonds is 17. The van der Waals surface area contributed by atoms with Crippen LogP contribution in [0, 0.1) is 0 Å². The van der Waals surface area contributed by atoms with E-state index in [-0.39, 0.29) is 0 Å². The molecule has 0 atom stereocenters. The minimum Gasteiger partial charge on any atom is -0.330 e. The fourth-order valence-corrected chi connectivity index (χ4v) is 2.21. The van der Waals surface area contributed by atoms with Gasteiger partial charge in [0, 0.05) is 58.9 Å². The summed E-state index contributed by atoms with van der Waals surface area (Å²) in [5.41, 5.74) is 22.4. The van der Waals surface area contributed by atoms with Gasteiger partial charge in [0.2, 0.25) is 0 Å². The fourth-order valence-electron chi connectivity index (χ4n) is 2.21. The number of hydrogen-bond acceptors (Lipinski definition) is 8. The van der Waals surface area contributed by atoms with Crippen molar-refractivity contribution < 1.29 is 0 Å². The molecule has 0 aliphatic rings. The third kappa shape index (κ3) is 12.2. The Kier molecular flexibility index (Phi) is 16.8. The molecule has 0 spiro atoms. The maximum Gasteiger partial charge on any atom is 0.0259 e. The van der Waals surface area contributed by atoms with Gasteiger partial charge in [0.25, 0.3) is 0 Å². The van der Waals surface area contributed by atoms with Crippen LogP contribution >= 0.6 is 0 Å². The minimum absolute atomic E-state index is 0.649. The Morgan fingerprint density at radius 2 is 1.09 bits per heavy atom. The van der Waals surface area contributed by atoms with Crippen LogP contribution in [0.2, 0.25) is 0 Å². The van der Waals surface area contributed by atoms with Crippen LogP contribution in [0.3, 0.4) is 0 Å². The average Bonchev–Trinajstić information content (AvgIpc) is 2.53. The van der Waals surface area contributed by atoms with Crippen LogP contribution in [0.25, 0.3) is 0 Å². The van der Waals surface area contributed by atoms with E-state index < -0.39 is 0 Å². The predicted octanol–water partition coefficient (Wildman–Crippen LogP) is -2.70. The van der Waals surface area contributed by atoms with Gasteiger partial charge in [-0.15, -0.1) is 0 Å². The van der Waals surface area contributed by atoms with Gasteiger partial charge in [-0.3, -0.25) is 0 Å². The number of hydrogen-bond donors (Lipinski definition) is 6. The van der Waals surface area contributed by atoms with Crippen molar-refractivity contribution in [3.63, 3.8) is 0 Å². The molecule has 0 aromatic carbocycles. The van der Waals surface area contributed by atoms with Gasteiger partial charge < -0.3 is 33.6 Å².